The van der Waals surface area contributed by atoms with Gasteiger partial charge in [-0.1, -0.05) is 30.3 Å². The van der Waals surface area contributed by atoms with E-state index >= 15 is 0 Å². The van der Waals surface area contributed by atoms with Gasteiger partial charge in [-0.3, -0.25) is 4.79 Å². The van der Waals surface area contributed by atoms with Crippen molar-refractivity contribution in [2.45, 2.75) is 31.0 Å². The predicted octanol–water partition coefficient (Wildman–Crippen LogP) is 4.77. The number of aromatic hydroxyl groups is 1. The highest BCUT2D eigenvalue weighted by Gasteiger charge is 2.40. The Hall–Kier alpha value is -2.26. The number of thioether (sulfide) groups is 1. The molecule has 29 heavy (non-hydrogen) atoms. The Morgan fingerprint density at radius 1 is 1.03 bits per heavy atom. The molecule has 0 spiro atoms. The van der Waals surface area contributed by atoms with Gasteiger partial charge in [0, 0.05) is 0 Å². The molecule has 2 atom stereocenters. The van der Waals surface area contributed by atoms with Gasteiger partial charge in [-0.2, -0.15) is 24.9 Å². The third-order valence-corrected chi connectivity index (χ3v) is 5.48. The first-order valence-corrected chi connectivity index (χ1v) is 9.96. The molecule has 2 aromatic rings. The minimum atomic E-state index is -4.43. The normalized spacial score (nSPS) is 13.8. The van der Waals surface area contributed by atoms with Gasteiger partial charge in [-0.05, 0) is 53.2 Å². The predicted molar refractivity (Wildman–Crippen MR) is 104 cm³/mol. The molecule has 0 aliphatic heterocycles. The lowest BCUT2D eigenvalue weighted by Gasteiger charge is -2.21. The van der Waals surface area contributed by atoms with Crippen LogP contribution in [0.1, 0.15) is 24.3 Å². The molecular weight excluding hydrogens is 410 g/mol. The number of carbonyl (C=O) groups is 1. The maximum atomic E-state index is 13.5. The lowest BCUT2D eigenvalue weighted by molar-refractivity contribution is -0.150. The van der Waals surface area contributed by atoms with Crippen molar-refractivity contribution in [2.75, 3.05) is 11.5 Å². The van der Waals surface area contributed by atoms with Gasteiger partial charge < -0.3 is 15.9 Å². The number of hydrogen-bond acceptors (Lipinski definition) is 4. The van der Waals surface area contributed by atoms with Gasteiger partial charge >= 0.3 is 12.1 Å². The monoisotopic (exact) mass is 431 g/mol. The van der Waals surface area contributed by atoms with E-state index in [1.54, 1.807) is 0 Å². The molecular formula is C20H21F4NO3S. The fraction of sp³-hybridized carbons (Fsp3) is 0.350. The quantitative estimate of drug-likeness (QED) is 0.394. The maximum absolute atomic E-state index is 13.5. The van der Waals surface area contributed by atoms with Crippen LogP contribution in [-0.4, -0.2) is 39.9 Å². The molecule has 2 aromatic carbocycles. The Bertz CT molecular complexity index is 827. The van der Waals surface area contributed by atoms with E-state index in [0.717, 1.165) is 6.07 Å². The third kappa shape index (κ3) is 6.64. The first-order valence-electron chi connectivity index (χ1n) is 8.81. The number of benzene rings is 2. The first kappa shape index (κ1) is 23.0. The van der Waals surface area contributed by atoms with Crippen molar-refractivity contribution in [2.24, 2.45) is 5.73 Å². The van der Waals surface area contributed by atoms with Crippen LogP contribution in [0.2, 0.25) is 0 Å². The van der Waals surface area contributed by atoms with Crippen LogP contribution in [0.3, 0.4) is 0 Å². The molecule has 4 N–H and O–H groups in total. The summed E-state index contributed by atoms with van der Waals surface area (Å²) in [6, 6.07) is 8.46. The van der Waals surface area contributed by atoms with Crippen molar-refractivity contribution in [3.63, 3.8) is 0 Å². The number of nitrogens with two attached hydrogens (primary N) is 1. The zero-order valence-corrected chi connectivity index (χ0v) is 16.1. The van der Waals surface area contributed by atoms with E-state index in [2.05, 4.69) is 0 Å². The van der Waals surface area contributed by atoms with Gasteiger partial charge in [0.15, 0.2) is 11.6 Å². The van der Waals surface area contributed by atoms with Gasteiger partial charge in [0.25, 0.3) is 0 Å². The number of phenols is 1. The van der Waals surface area contributed by atoms with Gasteiger partial charge in [-0.15, -0.1) is 0 Å². The Morgan fingerprint density at radius 3 is 2.17 bits per heavy atom. The zero-order chi connectivity index (χ0) is 21.6. The molecule has 0 fully saturated rings. The van der Waals surface area contributed by atoms with E-state index < -0.39 is 35.7 Å². The number of aliphatic carboxylic acids is 1. The summed E-state index contributed by atoms with van der Waals surface area (Å²) < 4.78 is 53.9. The van der Waals surface area contributed by atoms with Crippen molar-refractivity contribution >= 4 is 17.7 Å². The minimum absolute atomic E-state index is 0.100. The Balaban J connectivity index is 2.03. The lowest BCUT2D eigenvalue weighted by Crippen LogP contribution is -2.30. The van der Waals surface area contributed by atoms with Crippen LogP contribution < -0.4 is 5.73 Å². The van der Waals surface area contributed by atoms with Crippen LogP contribution in [0.25, 0.3) is 11.1 Å². The summed E-state index contributed by atoms with van der Waals surface area (Å²) in [4.78, 5) is 10.6. The van der Waals surface area contributed by atoms with E-state index in [4.69, 9.17) is 10.8 Å². The highest BCUT2D eigenvalue weighted by atomic mass is 32.2. The minimum Gasteiger partial charge on any atom is -0.505 e. The number of halogens is 4. The summed E-state index contributed by atoms with van der Waals surface area (Å²) in [6.45, 7) is 0. The molecule has 0 saturated carbocycles. The van der Waals surface area contributed by atoms with Crippen molar-refractivity contribution in [1.29, 1.82) is 0 Å². The third-order valence-electron chi connectivity index (χ3n) is 4.43. The Kier molecular flexibility index (Phi) is 7.92. The number of carboxylic acids is 1. The molecule has 0 radical (unpaired) electrons. The second-order valence-electron chi connectivity index (χ2n) is 6.52. The molecule has 2 rings (SSSR count). The number of rotatable bonds is 9. The second kappa shape index (κ2) is 9.98. The summed E-state index contributed by atoms with van der Waals surface area (Å²) in [6.07, 6.45) is -4.39. The Morgan fingerprint density at radius 2 is 1.62 bits per heavy atom. The van der Waals surface area contributed by atoms with Crippen molar-refractivity contribution < 1.29 is 32.6 Å². The van der Waals surface area contributed by atoms with Gasteiger partial charge in [0.1, 0.15) is 6.04 Å². The van der Waals surface area contributed by atoms with Crippen LogP contribution >= 0.6 is 11.8 Å². The molecule has 4 nitrogen and oxygen atoms in total. The summed E-state index contributed by atoms with van der Waals surface area (Å²) in [5.41, 5.74) is 6.45. The fourth-order valence-corrected chi connectivity index (χ4v) is 3.78. The highest BCUT2D eigenvalue weighted by molar-refractivity contribution is 7.99. The molecule has 0 aliphatic rings. The molecule has 158 valence electrons. The number of hydrogen-bond donors (Lipinski definition) is 3. The molecule has 0 heterocycles. The van der Waals surface area contributed by atoms with Gasteiger partial charge in [0.2, 0.25) is 0 Å². The van der Waals surface area contributed by atoms with Crippen LogP contribution in [0.5, 0.6) is 5.75 Å². The number of carboxylic acid groups (broad SMARTS) is 1. The smallest absolute Gasteiger partial charge is 0.395 e. The second-order valence-corrected chi connectivity index (χ2v) is 7.74. The van der Waals surface area contributed by atoms with Gasteiger partial charge in [0.05, 0.1) is 5.92 Å². The van der Waals surface area contributed by atoms with E-state index in [-0.39, 0.29) is 24.2 Å². The standard InChI is InChI=1S/C20H21F4NO3S/c21-16-11-14(5-6-18(16)26)12-1-3-13(4-2-12)15(20(22,23)24)7-9-29-10-8-17(25)19(27)28/h1-6,11,15,17,26H,7-10,25H2,(H,27,28). The fourth-order valence-electron chi connectivity index (χ4n) is 2.75. The summed E-state index contributed by atoms with van der Waals surface area (Å²) in [7, 11) is 0. The first-order chi connectivity index (χ1) is 13.6. The van der Waals surface area contributed by atoms with E-state index in [9.17, 15) is 27.5 Å². The SMILES string of the molecule is NC(CCSCCC(c1ccc(-c2ccc(O)c(F)c2)cc1)C(F)(F)F)C(=O)O. The average molecular weight is 431 g/mol. The zero-order valence-electron chi connectivity index (χ0n) is 15.3. The lowest BCUT2D eigenvalue weighted by atomic mass is 9.93. The number of alkyl halides is 3. The molecule has 0 aromatic heterocycles. The molecule has 0 saturated heterocycles. The largest absolute Gasteiger partial charge is 0.505 e. The van der Waals surface area contributed by atoms with E-state index in [1.807, 2.05) is 0 Å². The highest BCUT2D eigenvalue weighted by Crippen LogP contribution is 2.39. The van der Waals surface area contributed by atoms with Crippen LogP contribution in [0.15, 0.2) is 42.5 Å². The van der Waals surface area contributed by atoms with E-state index in [0.29, 0.717) is 16.9 Å². The summed E-state index contributed by atoms with van der Waals surface area (Å²) in [5, 5.41) is 17.9. The topological polar surface area (TPSA) is 83.5 Å². The molecule has 2 unspecified atom stereocenters. The van der Waals surface area contributed by atoms with Crippen molar-refractivity contribution in [3.8, 4) is 16.9 Å². The molecule has 9 heteroatoms. The molecule has 0 amide bonds. The Labute approximate surface area is 169 Å². The van der Waals surface area contributed by atoms with Crippen LogP contribution in [0.4, 0.5) is 17.6 Å². The summed E-state index contributed by atoms with van der Waals surface area (Å²) in [5.74, 6) is -3.52. The summed E-state index contributed by atoms with van der Waals surface area (Å²) >= 11 is 1.23. The van der Waals surface area contributed by atoms with Crippen LogP contribution in [0, 0.1) is 5.82 Å². The van der Waals surface area contributed by atoms with E-state index in [1.165, 1.54) is 48.2 Å². The van der Waals surface area contributed by atoms with Crippen LogP contribution in [-0.2, 0) is 4.79 Å². The molecule has 0 aliphatic carbocycles. The maximum Gasteiger partial charge on any atom is 0.395 e. The van der Waals surface area contributed by atoms with Crippen molar-refractivity contribution in [3.05, 3.63) is 53.8 Å². The molecule has 0 bridgehead atoms. The number of phenolic OH excluding ortho intramolecular Hbond substituents is 1. The average Bonchev–Trinajstić information content (AvgIpc) is 2.65. The van der Waals surface area contributed by atoms with Gasteiger partial charge in [-0.25, -0.2) is 4.39 Å². The van der Waals surface area contributed by atoms with Crippen molar-refractivity contribution in [1.82, 2.24) is 0 Å².